The van der Waals surface area contributed by atoms with E-state index in [1.54, 1.807) is 4.31 Å². The van der Waals surface area contributed by atoms with Crippen LogP contribution in [0.4, 0.5) is 0 Å². The highest BCUT2D eigenvalue weighted by Crippen LogP contribution is 2.31. The summed E-state index contributed by atoms with van der Waals surface area (Å²) in [7, 11) is -3.33. The van der Waals surface area contributed by atoms with E-state index in [9.17, 15) is 8.42 Å². The molecule has 4 nitrogen and oxygen atoms in total. The minimum absolute atomic E-state index is 0.0143. The van der Waals surface area contributed by atoms with E-state index < -0.39 is 10.0 Å². The van der Waals surface area contributed by atoms with Gasteiger partial charge in [-0.3, -0.25) is 4.90 Å². The van der Waals surface area contributed by atoms with Crippen molar-refractivity contribution in [2.45, 2.75) is 37.1 Å². The van der Waals surface area contributed by atoms with E-state index in [1.165, 1.54) is 18.4 Å². The first-order chi connectivity index (χ1) is 12.6. The molecule has 1 saturated heterocycles. The molecule has 26 heavy (non-hydrogen) atoms. The standard InChI is InChI=1S/C21H26N2O2S/c24-26(25,17-19-9-5-2-6-10-19)23-14-13-22(20-11-12-20)16-21(23)15-18-7-3-1-4-8-18/h1-10,20-21H,11-17H2. The van der Waals surface area contributed by atoms with Crippen LogP contribution < -0.4 is 0 Å². The zero-order valence-corrected chi connectivity index (χ0v) is 15.8. The zero-order valence-electron chi connectivity index (χ0n) is 15.0. The molecular weight excluding hydrogens is 344 g/mol. The van der Waals surface area contributed by atoms with Gasteiger partial charge in [0.2, 0.25) is 10.0 Å². The summed E-state index contributed by atoms with van der Waals surface area (Å²) in [6.07, 6.45) is 3.29. The molecule has 2 aliphatic rings. The molecule has 0 aromatic heterocycles. The predicted octanol–water partition coefficient (Wildman–Crippen LogP) is 2.91. The van der Waals surface area contributed by atoms with Crippen LogP contribution in [-0.4, -0.2) is 49.3 Å². The first-order valence-corrected chi connectivity index (χ1v) is 11.0. The smallest absolute Gasteiger partial charge is 0.218 e. The molecule has 4 rings (SSSR count). The first-order valence-electron chi connectivity index (χ1n) is 9.43. The van der Waals surface area contributed by atoms with Crippen LogP contribution >= 0.6 is 0 Å². The Morgan fingerprint density at radius 1 is 0.846 bits per heavy atom. The molecular formula is C21H26N2O2S. The van der Waals surface area contributed by atoms with Crippen LogP contribution in [0.15, 0.2) is 60.7 Å². The van der Waals surface area contributed by atoms with Gasteiger partial charge in [-0.2, -0.15) is 4.31 Å². The number of rotatable bonds is 6. The molecule has 5 heteroatoms. The van der Waals surface area contributed by atoms with Gasteiger partial charge in [0, 0.05) is 31.7 Å². The summed E-state index contributed by atoms with van der Waals surface area (Å²) < 4.78 is 28.1. The van der Waals surface area contributed by atoms with Gasteiger partial charge in [-0.25, -0.2) is 8.42 Å². The Kier molecular flexibility index (Phi) is 5.11. The summed E-state index contributed by atoms with van der Waals surface area (Å²) in [5.74, 6) is 0.0859. The molecule has 2 aromatic carbocycles. The molecule has 0 N–H and O–H groups in total. The summed E-state index contributed by atoms with van der Waals surface area (Å²) in [6, 6.07) is 20.4. The number of hydrogen-bond donors (Lipinski definition) is 0. The minimum Gasteiger partial charge on any atom is -0.297 e. The van der Waals surface area contributed by atoms with Gasteiger partial charge in [-0.1, -0.05) is 60.7 Å². The summed E-state index contributed by atoms with van der Waals surface area (Å²) in [4.78, 5) is 2.49. The number of nitrogens with zero attached hydrogens (tertiary/aromatic N) is 2. The Balaban J connectivity index is 1.55. The third-order valence-electron chi connectivity index (χ3n) is 5.39. The summed E-state index contributed by atoms with van der Waals surface area (Å²) in [5.41, 5.74) is 2.06. The van der Waals surface area contributed by atoms with Crippen LogP contribution in [0.1, 0.15) is 24.0 Å². The van der Waals surface area contributed by atoms with Crippen LogP contribution in [0.25, 0.3) is 0 Å². The second kappa shape index (κ2) is 7.51. The lowest BCUT2D eigenvalue weighted by atomic mass is 10.0. The summed E-state index contributed by atoms with van der Waals surface area (Å²) in [5, 5.41) is 0. The molecule has 1 saturated carbocycles. The highest BCUT2D eigenvalue weighted by atomic mass is 32.2. The van der Waals surface area contributed by atoms with Crippen LogP contribution in [0.5, 0.6) is 0 Å². The van der Waals surface area contributed by atoms with E-state index in [2.05, 4.69) is 17.0 Å². The average Bonchev–Trinajstić information content (AvgIpc) is 3.48. The fraction of sp³-hybridized carbons (Fsp3) is 0.429. The molecule has 0 radical (unpaired) electrons. The molecule has 138 valence electrons. The lowest BCUT2D eigenvalue weighted by molar-refractivity contribution is 0.128. The largest absolute Gasteiger partial charge is 0.297 e. The quantitative estimate of drug-likeness (QED) is 0.785. The Labute approximate surface area is 156 Å². The maximum Gasteiger partial charge on any atom is 0.218 e. The maximum atomic E-state index is 13.2. The van der Waals surface area contributed by atoms with E-state index in [-0.39, 0.29) is 11.8 Å². The fourth-order valence-corrected chi connectivity index (χ4v) is 5.66. The van der Waals surface area contributed by atoms with Crippen molar-refractivity contribution in [1.29, 1.82) is 0 Å². The van der Waals surface area contributed by atoms with Gasteiger partial charge in [0.05, 0.1) is 5.75 Å². The van der Waals surface area contributed by atoms with Crippen LogP contribution in [-0.2, 0) is 22.2 Å². The molecule has 2 fully saturated rings. The minimum atomic E-state index is -3.33. The van der Waals surface area contributed by atoms with Gasteiger partial charge in [0.25, 0.3) is 0 Å². The van der Waals surface area contributed by atoms with Crippen molar-refractivity contribution in [3.63, 3.8) is 0 Å². The summed E-state index contributed by atoms with van der Waals surface area (Å²) in [6.45, 7) is 2.29. The third-order valence-corrected chi connectivity index (χ3v) is 7.28. The number of sulfonamides is 1. The molecule has 2 aromatic rings. The number of benzene rings is 2. The van der Waals surface area contributed by atoms with Crippen LogP contribution in [0.3, 0.4) is 0 Å². The molecule has 1 aliphatic carbocycles. The molecule has 1 atom stereocenters. The predicted molar refractivity (Wildman–Crippen MR) is 104 cm³/mol. The zero-order chi connectivity index (χ0) is 18.0. The Morgan fingerprint density at radius 3 is 2.08 bits per heavy atom. The number of piperazine rings is 1. The second-order valence-electron chi connectivity index (χ2n) is 7.42. The highest BCUT2D eigenvalue weighted by Gasteiger charge is 2.39. The van der Waals surface area contributed by atoms with Crippen molar-refractivity contribution < 1.29 is 8.42 Å². The SMILES string of the molecule is O=S(=O)(Cc1ccccc1)N1CCN(C2CC2)CC1Cc1ccccc1. The van der Waals surface area contributed by atoms with E-state index in [0.717, 1.165) is 25.1 Å². The van der Waals surface area contributed by atoms with Crippen molar-refractivity contribution >= 4 is 10.0 Å². The molecule has 1 aliphatic heterocycles. The van der Waals surface area contributed by atoms with Crippen LogP contribution in [0.2, 0.25) is 0 Å². The van der Waals surface area contributed by atoms with Gasteiger partial charge >= 0.3 is 0 Å². The highest BCUT2D eigenvalue weighted by molar-refractivity contribution is 7.88. The molecule has 0 amide bonds. The van der Waals surface area contributed by atoms with E-state index >= 15 is 0 Å². The van der Waals surface area contributed by atoms with Crippen molar-refractivity contribution in [2.75, 3.05) is 19.6 Å². The molecule has 1 unspecified atom stereocenters. The molecule has 1 heterocycles. The lowest BCUT2D eigenvalue weighted by Gasteiger charge is -2.41. The molecule has 0 bridgehead atoms. The van der Waals surface area contributed by atoms with E-state index in [4.69, 9.17) is 0 Å². The van der Waals surface area contributed by atoms with E-state index in [0.29, 0.717) is 12.6 Å². The van der Waals surface area contributed by atoms with E-state index in [1.807, 2.05) is 48.5 Å². The summed E-state index contributed by atoms with van der Waals surface area (Å²) >= 11 is 0. The monoisotopic (exact) mass is 370 g/mol. The third kappa shape index (κ3) is 4.17. The van der Waals surface area contributed by atoms with Crippen molar-refractivity contribution in [1.82, 2.24) is 9.21 Å². The van der Waals surface area contributed by atoms with Gasteiger partial charge in [-0.15, -0.1) is 0 Å². The molecule has 0 spiro atoms. The average molecular weight is 371 g/mol. The van der Waals surface area contributed by atoms with Gasteiger partial charge in [0.1, 0.15) is 0 Å². The number of hydrogen-bond acceptors (Lipinski definition) is 3. The maximum absolute atomic E-state index is 13.2. The Hall–Kier alpha value is -1.69. The fourth-order valence-electron chi connectivity index (χ4n) is 3.92. The van der Waals surface area contributed by atoms with Gasteiger partial charge in [0.15, 0.2) is 0 Å². The van der Waals surface area contributed by atoms with Gasteiger partial charge < -0.3 is 0 Å². The Bertz CT molecular complexity index is 820. The topological polar surface area (TPSA) is 40.6 Å². The van der Waals surface area contributed by atoms with Crippen molar-refractivity contribution in [3.8, 4) is 0 Å². The Morgan fingerprint density at radius 2 is 1.46 bits per heavy atom. The van der Waals surface area contributed by atoms with Crippen LogP contribution in [0, 0.1) is 0 Å². The normalized spacial score (nSPS) is 22.4. The van der Waals surface area contributed by atoms with Crippen molar-refractivity contribution in [2.24, 2.45) is 0 Å². The van der Waals surface area contributed by atoms with Crippen molar-refractivity contribution in [3.05, 3.63) is 71.8 Å². The van der Waals surface area contributed by atoms with Gasteiger partial charge in [-0.05, 0) is 30.4 Å². The first kappa shape index (κ1) is 17.7. The lowest BCUT2D eigenvalue weighted by Crippen LogP contribution is -2.56. The second-order valence-corrected chi connectivity index (χ2v) is 9.34.